The summed E-state index contributed by atoms with van der Waals surface area (Å²) in [5.74, 6) is 2.08. The summed E-state index contributed by atoms with van der Waals surface area (Å²) in [6, 6.07) is 7.98. The Hall–Kier alpha value is -0.870. The molecule has 1 aromatic carbocycles. The molecule has 20 heavy (non-hydrogen) atoms. The Balaban J connectivity index is 2.07. The summed E-state index contributed by atoms with van der Waals surface area (Å²) in [5, 5.41) is 3.53. The predicted octanol–water partition coefficient (Wildman–Crippen LogP) is 2.97. The van der Waals surface area contributed by atoms with Crippen molar-refractivity contribution in [1.82, 2.24) is 5.32 Å². The quantitative estimate of drug-likeness (QED) is 0.840. The van der Waals surface area contributed by atoms with Crippen molar-refractivity contribution in [3.8, 4) is 5.75 Å². The zero-order valence-electron chi connectivity index (χ0n) is 12.4. The molecule has 1 aliphatic carbocycles. The van der Waals surface area contributed by atoms with E-state index in [4.69, 9.17) is 4.74 Å². The van der Waals surface area contributed by atoms with Crippen molar-refractivity contribution < 1.29 is 8.95 Å². The lowest BCUT2D eigenvalue weighted by Crippen LogP contribution is -2.39. The van der Waals surface area contributed by atoms with Gasteiger partial charge in [0.2, 0.25) is 0 Å². The maximum absolute atomic E-state index is 12.7. The Morgan fingerprint density at radius 2 is 2.05 bits per heavy atom. The Labute approximate surface area is 124 Å². The van der Waals surface area contributed by atoms with Gasteiger partial charge in [-0.25, -0.2) is 0 Å². The molecular weight excluding hydrogens is 270 g/mol. The summed E-state index contributed by atoms with van der Waals surface area (Å²) >= 11 is 0. The Morgan fingerprint density at radius 1 is 1.35 bits per heavy atom. The van der Waals surface area contributed by atoms with Crippen LogP contribution in [0.4, 0.5) is 0 Å². The van der Waals surface area contributed by atoms with Gasteiger partial charge in [0.15, 0.2) is 0 Å². The van der Waals surface area contributed by atoms with E-state index in [1.165, 1.54) is 25.7 Å². The molecule has 1 aromatic rings. The minimum Gasteiger partial charge on any atom is -0.495 e. The van der Waals surface area contributed by atoms with Crippen molar-refractivity contribution in [2.45, 2.75) is 43.5 Å². The highest BCUT2D eigenvalue weighted by Gasteiger charge is 2.26. The molecule has 112 valence electrons. The largest absolute Gasteiger partial charge is 0.495 e. The highest BCUT2D eigenvalue weighted by atomic mass is 32.2. The molecule has 1 saturated carbocycles. The van der Waals surface area contributed by atoms with Gasteiger partial charge in [-0.3, -0.25) is 4.21 Å². The van der Waals surface area contributed by atoms with Crippen LogP contribution in [0.2, 0.25) is 0 Å². The van der Waals surface area contributed by atoms with Gasteiger partial charge >= 0.3 is 0 Å². The normalized spacial score (nSPS) is 18.9. The van der Waals surface area contributed by atoms with Gasteiger partial charge in [0.1, 0.15) is 5.75 Å². The Morgan fingerprint density at radius 3 is 2.70 bits per heavy atom. The van der Waals surface area contributed by atoms with Crippen LogP contribution in [0.25, 0.3) is 0 Å². The first kappa shape index (κ1) is 15.5. The molecule has 1 aliphatic rings. The van der Waals surface area contributed by atoms with Crippen LogP contribution in [0.5, 0.6) is 5.75 Å². The highest BCUT2D eigenvalue weighted by molar-refractivity contribution is 7.85. The third-order valence-corrected chi connectivity index (χ3v) is 5.57. The summed E-state index contributed by atoms with van der Waals surface area (Å²) in [4.78, 5) is 0.816. The van der Waals surface area contributed by atoms with Gasteiger partial charge in [-0.05, 0) is 37.4 Å². The van der Waals surface area contributed by atoms with E-state index >= 15 is 0 Å². The zero-order valence-corrected chi connectivity index (χ0v) is 13.2. The molecule has 2 atom stereocenters. The maximum Gasteiger partial charge on any atom is 0.134 e. The Bertz CT molecular complexity index is 444. The standard InChI is InChI=1S/C16H25NO2S/c1-3-17-14(13-8-4-5-9-13)12-20(18)16-11-7-6-10-15(16)19-2/h6-7,10-11,13-14,17H,3-5,8-9,12H2,1-2H3. The molecule has 1 N–H and O–H groups in total. The average Bonchev–Trinajstić information content (AvgIpc) is 3.00. The third kappa shape index (κ3) is 3.83. The first-order chi connectivity index (χ1) is 9.76. The molecule has 0 bridgehead atoms. The first-order valence-electron chi connectivity index (χ1n) is 7.51. The van der Waals surface area contributed by atoms with Crippen LogP contribution in [-0.4, -0.2) is 29.7 Å². The smallest absolute Gasteiger partial charge is 0.134 e. The molecular formula is C16H25NO2S. The topological polar surface area (TPSA) is 38.3 Å². The number of rotatable bonds is 7. The van der Waals surface area contributed by atoms with Gasteiger partial charge in [-0.1, -0.05) is 31.9 Å². The SMILES string of the molecule is CCNC(CS(=O)c1ccccc1OC)C1CCCC1. The van der Waals surface area contributed by atoms with E-state index in [2.05, 4.69) is 12.2 Å². The van der Waals surface area contributed by atoms with Crippen LogP contribution in [0.3, 0.4) is 0 Å². The van der Waals surface area contributed by atoms with E-state index in [-0.39, 0.29) is 0 Å². The number of hydrogen-bond acceptors (Lipinski definition) is 3. The van der Waals surface area contributed by atoms with E-state index in [1.54, 1.807) is 7.11 Å². The Kier molecular flexibility index (Phi) is 6.05. The third-order valence-electron chi connectivity index (χ3n) is 4.08. The van der Waals surface area contributed by atoms with E-state index < -0.39 is 10.8 Å². The predicted molar refractivity (Wildman–Crippen MR) is 83.7 cm³/mol. The van der Waals surface area contributed by atoms with Gasteiger partial charge in [0, 0.05) is 11.8 Å². The highest BCUT2D eigenvalue weighted by Crippen LogP contribution is 2.29. The minimum absolute atomic E-state index is 0.355. The van der Waals surface area contributed by atoms with Crippen LogP contribution in [0.1, 0.15) is 32.6 Å². The number of ether oxygens (including phenoxy) is 1. The van der Waals surface area contributed by atoms with Crippen molar-refractivity contribution in [2.24, 2.45) is 5.92 Å². The van der Waals surface area contributed by atoms with Crippen molar-refractivity contribution >= 4 is 10.8 Å². The zero-order chi connectivity index (χ0) is 14.4. The number of hydrogen-bond donors (Lipinski definition) is 1. The molecule has 4 heteroatoms. The summed E-state index contributed by atoms with van der Waals surface area (Å²) in [7, 11) is 0.624. The fraction of sp³-hybridized carbons (Fsp3) is 0.625. The summed E-state index contributed by atoms with van der Waals surface area (Å²) in [6.45, 7) is 3.05. The summed E-state index contributed by atoms with van der Waals surface area (Å²) in [6.07, 6.45) is 5.16. The van der Waals surface area contributed by atoms with E-state index in [0.29, 0.717) is 17.7 Å². The van der Waals surface area contributed by atoms with Crippen molar-refractivity contribution in [3.63, 3.8) is 0 Å². The molecule has 0 aliphatic heterocycles. The molecule has 1 fully saturated rings. The fourth-order valence-corrected chi connectivity index (χ4v) is 4.55. The molecule has 2 unspecified atom stereocenters. The van der Waals surface area contributed by atoms with Crippen LogP contribution < -0.4 is 10.1 Å². The van der Waals surface area contributed by atoms with Gasteiger partial charge in [-0.15, -0.1) is 0 Å². The van der Waals surface area contributed by atoms with E-state index in [1.807, 2.05) is 24.3 Å². The second-order valence-corrected chi connectivity index (χ2v) is 6.84. The van der Waals surface area contributed by atoms with Crippen molar-refractivity contribution in [3.05, 3.63) is 24.3 Å². The molecule has 0 aromatic heterocycles. The molecule has 0 radical (unpaired) electrons. The van der Waals surface area contributed by atoms with E-state index in [9.17, 15) is 4.21 Å². The molecule has 0 spiro atoms. The maximum atomic E-state index is 12.7. The van der Waals surface area contributed by atoms with Gasteiger partial charge < -0.3 is 10.1 Å². The van der Waals surface area contributed by atoms with Gasteiger partial charge in [0.05, 0.1) is 22.8 Å². The summed E-state index contributed by atoms with van der Waals surface area (Å²) in [5.41, 5.74) is 0. The number of methoxy groups -OCH3 is 1. The van der Waals surface area contributed by atoms with Gasteiger partial charge in [0.25, 0.3) is 0 Å². The molecule has 0 saturated heterocycles. The van der Waals surface area contributed by atoms with Crippen LogP contribution in [0.15, 0.2) is 29.2 Å². The molecule has 0 heterocycles. The lowest BCUT2D eigenvalue weighted by Gasteiger charge is -2.24. The van der Waals surface area contributed by atoms with Crippen molar-refractivity contribution in [1.29, 1.82) is 0 Å². The summed E-state index contributed by atoms with van der Waals surface area (Å²) < 4.78 is 18.0. The lowest BCUT2D eigenvalue weighted by atomic mass is 10.00. The van der Waals surface area contributed by atoms with E-state index in [0.717, 1.165) is 17.2 Å². The minimum atomic E-state index is -1.01. The first-order valence-corrected chi connectivity index (χ1v) is 8.83. The lowest BCUT2D eigenvalue weighted by molar-refractivity contribution is 0.390. The van der Waals surface area contributed by atoms with Gasteiger partial charge in [-0.2, -0.15) is 0 Å². The monoisotopic (exact) mass is 295 g/mol. The van der Waals surface area contributed by atoms with Crippen LogP contribution in [-0.2, 0) is 10.8 Å². The molecule has 2 rings (SSSR count). The van der Waals surface area contributed by atoms with Crippen molar-refractivity contribution in [2.75, 3.05) is 19.4 Å². The van der Waals surface area contributed by atoms with Crippen LogP contribution in [0, 0.1) is 5.92 Å². The fourth-order valence-electron chi connectivity index (χ4n) is 3.04. The average molecular weight is 295 g/mol. The molecule has 0 amide bonds. The number of nitrogens with one attached hydrogen (secondary N) is 1. The second-order valence-electron chi connectivity index (χ2n) is 5.37. The second kappa shape index (κ2) is 7.79. The molecule has 3 nitrogen and oxygen atoms in total. The van der Waals surface area contributed by atoms with Crippen LogP contribution >= 0.6 is 0 Å². The number of para-hydroxylation sites is 1. The number of benzene rings is 1.